The molecule has 1 N–H and O–H groups in total. The largest absolute Gasteiger partial charge is 0.433 e. The van der Waals surface area contributed by atoms with Crippen LogP contribution in [0.15, 0.2) is 41.6 Å². The van der Waals surface area contributed by atoms with Gasteiger partial charge in [0, 0.05) is 5.02 Å². The number of halogens is 3. The minimum atomic E-state index is -0.709. The highest BCUT2D eigenvalue weighted by Crippen LogP contribution is 2.29. The fraction of sp³-hybridized carbons (Fsp3) is 0.238. The molecule has 2 heterocycles. The topological polar surface area (TPSA) is 81.5 Å². The molecule has 0 aliphatic carbocycles. The van der Waals surface area contributed by atoms with Gasteiger partial charge in [-0.15, -0.1) is 10.2 Å². The van der Waals surface area contributed by atoms with Crippen LogP contribution in [0.4, 0.5) is 4.39 Å². The zero-order chi connectivity index (χ0) is 22.0. The Labute approximate surface area is 188 Å². The number of nitrogens with one attached hydrogen (secondary N) is 1. The van der Waals surface area contributed by atoms with E-state index < -0.39 is 5.82 Å². The monoisotopic (exact) mass is 461 g/mol. The van der Waals surface area contributed by atoms with Gasteiger partial charge in [-0.1, -0.05) is 46.6 Å². The van der Waals surface area contributed by atoms with Crippen LogP contribution in [-0.4, -0.2) is 33.7 Å². The molecular formula is C21H18Cl2FN5O2. The van der Waals surface area contributed by atoms with Crippen LogP contribution in [0.3, 0.4) is 0 Å². The molecule has 0 saturated carbocycles. The molecular weight excluding hydrogens is 444 g/mol. The number of amidine groups is 1. The van der Waals surface area contributed by atoms with Crippen molar-refractivity contribution >= 4 is 29.0 Å². The first-order chi connectivity index (χ1) is 14.9. The van der Waals surface area contributed by atoms with Crippen molar-refractivity contribution < 1.29 is 14.0 Å². The van der Waals surface area contributed by atoms with E-state index in [-0.39, 0.29) is 28.4 Å². The average molecular weight is 462 g/mol. The second kappa shape index (κ2) is 9.03. The Morgan fingerprint density at radius 2 is 2.00 bits per heavy atom. The van der Waals surface area contributed by atoms with Crippen molar-refractivity contribution in [2.45, 2.75) is 26.3 Å². The van der Waals surface area contributed by atoms with E-state index in [4.69, 9.17) is 32.8 Å². The zero-order valence-corrected chi connectivity index (χ0v) is 18.2. The Hall–Kier alpha value is -2.97. The molecule has 10 heteroatoms. The first-order valence-electron chi connectivity index (χ1n) is 9.46. The van der Waals surface area contributed by atoms with Crippen LogP contribution < -0.4 is 10.1 Å². The Bertz CT molecular complexity index is 1160. The second-order valence-corrected chi connectivity index (χ2v) is 7.86. The molecule has 0 radical (unpaired) electrons. The fourth-order valence-electron chi connectivity index (χ4n) is 3.05. The van der Waals surface area contributed by atoms with Crippen molar-refractivity contribution in [1.82, 2.24) is 20.5 Å². The number of nitrogens with zero attached hydrogens (tertiary/aromatic N) is 4. The Morgan fingerprint density at radius 1 is 1.16 bits per heavy atom. The number of ether oxygens (including phenoxy) is 1. The third-order valence-electron chi connectivity index (χ3n) is 4.56. The van der Waals surface area contributed by atoms with Crippen LogP contribution in [0.1, 0.15) is 22.6 Å². The smallest absolute Gasteiger partial charge is 0.269 e. The lowest BCUT2D eigenvalue weighted by molar-refractivity contribution is 0.109. The van der Waals surface area contributed by atoms with Crippen LogP contribution in [-0.2, 0) is 11.3 Å². The van der Waals surface area contributed by atoms with Gasteiger partial charge in [0.05, 0.1) is 11.1 Å². The summed E-state index contributed by atoms with van der Waals surface area (Å²) in [4.78, 5) is 9.78. The van der Waals surface area contributed by atoms with Crippen molar-refractivity contribution in [3.8, 4) is 11.6 Å². The molecule has 3 aromatic rings. The third kappa shape index (κ3) is 4.86. The number of oxime groups is 1. The standard InChI is InChI=1S/C21H18Cl2FN5O2/c1-11-6-7-13(16(23)8-11)9-14-10-30-29-20(26-14)19-21(28-27-12(2)25-19)31-17-5-3-4-15(22)18(17)24/h3-8,14H,9-10H2,1-2H3,(H,26,29). The van der Waals surface area contributed by atoms with Crippen molar-refractivity contribution in [3.05, 3.63) is 74.9 Å². The van der Waals surface area contributed by atoms with E-state index in [0.29, 0.717) is 29.7 Å². The molecule has 1 aliphatic rings. The van der Waals surface area contributed by atoms with Crippen LogP contribution in [0.2, 0.25) is 10.0 Å². The van der Waals surface area contributed by atoms with Gasteiger partial charge in [0.2, 0.25) is 0 Å². The summed E-state index contributed by atoms with van der Waals surface area (Å²) >= 11 is 12.2. The number of hydrogen-bond donors (Lipinski definition) is 1. The Kier molecular flexibility index (Phi) is 6.20. The van der Waals surface area contributed by atoms with Gasteiger partial charge in [-0.2, -0.15) is 0 Å². The number of hydrogen-bond acceptors (Lipinski definition) is 7. The normalized spacial score (nSPS) is 15.6. The molecule has 4 rings (SSSR count). The quantitative estimate of drug-likeness (QED) is 0.596. The third-order valence-corrected chi connectivity index (χ3v) is 5.20. The summed E-state index contributed by atoms with van der Waals surface area (Å²) in [7, 11) is 0. The van der Waals surface area contributed by atoms with Gasteiger partial charge in [-0.05, 0) is 49.6 Å². The summed E-state index contributed by atoms with van der Waals surface area (Å²) in [6, 6.07) is 10.2. The summed E-state index contributed by atoms with van der Waals surface area (Å²) in [6.07, 6.45) is 0.606. The lowest BCUT2D eigenvalue weighted by atomic mass is 10.0. The van der Waals surface area contributed by atoms with Gasteiger partial charge >= 0.3 is 0 Å². The highest BCUT2D eigenvalue weighted by Gasteiger charge is 2.25. The molecule has 1 aromatic heterocycles. The minimum absolute atomic E-state index is 0.0318. The molecule has 7 nitrogen and oxygen atoms in total. The Morgan fingerprint density at radius 3 is 2.81 bits per heavy atom. The van der Waals surface area contributed by atoms with Crippen molar-refractivity contribution in [1.29, 1.82) is 0 Å². The van der Waals surface area contributed by atoms with E-state index in [2.05, 4.69) is 25.7 Å². The van der Waals surface area contributed by atoms with Crippen LogP contribution in [0, 0.1) is 19.7 Å². The lowest BCUT2D eigenvalue weighted by Gasteiger charge is -2.24. The van der Waals surface area contributed by atoms with Crippen LogP contribution in [0.25, 0.3) is 0 Å². The average Bonchev–Trinajstić information content (AvgIpc) is 2.75. The first-order valence-corrected chi connectivity index (χ1v) is 10.2. The lowest BCUT2D eigenvalue weighted by Crippen LogP contribution is -2.44. The summed E-state index contributed by atoms with van der Waals surface area (Å²) < 4.78 is 19.9. The molecule has 1 unspecified atom stereocenters. The van der Waals surface area contributed by atoms with Crippen LogP contribution in [0.5, 0.6) is 11.6 Å². The summed E-state index contributed by atoms with van der Waals surface area (Å²) in [5.74, 6) is -0.152. The highest BCUT2D eigenvalue weighted by atomic mass is 35.5. The maximum Gasteiger partial charge on any atom is 0.269 e. The number of aryl methyl sites for hydroxylation is 2. The van der Waals surface area contributed by atoms with E-state index in [0.717, 1.165) is 11.1 Å². The van der Waals surface area contributed by atoms with E-state index in [1.807, 2.05) is 25.1 Å². The fourth-order valence-corrected chi connectivity index (χ4v) is 3.52. The molecule has 0 saturated heterocycles. The van der Waals surface area contributed by atoms with Crippen LogP contribution >= 0.6 is 23.2 Å². The predicted molar refractivity (Wildman–Crippen MR) is 115 cm³/mol. The van der Waals surface area contributed by atoms with Gasteiger partial charge in [0.15, 0.2) is 23.1 Å². The maximum atomic E-state index is 14.3. The molecule has 31 heavy (non-hydrogen) atoms. The molecule has 0 bridgehead atoms. The van der Waals surface area contributed by atoms with Gasteiger partial charge < -0.3 is 14.9 Å². The summed E-state index contributed by atoms with van der Waals surface area (Å²) in [5, 5.41) is 15.9. The van der Waals surface area contributed by atoms with Crippen molar-refractivity contribution in [3.63, 3.8) is 0 Å². The first kappa shape index (κ1) is 21.3. The van der Waals surface area contributed by atoms with Gasteiger partial charge in [0.25, 0.3) is 5.88 Å². The predicted octanol–water partition coefficient (Wildman–Crippen LogP) is 4.62. The highest BCUT2D eigenvalue weighted by molar-refractivity contribution is 6.31. The summed E-state index contributed by atoms with van der Waals surface area (Å²) in [6.45, 7) is 4.00. The minimum Gasteiger partial charge on any atom is -0.433 e. The van der Waals surface area contributed by atoms with Gasteiger partial charge in [-0.25, -0.2) is 9.37 Å². The van der Waals surface area contributed by atoms with Crippen molar-refractivity contribution in [2.75, 3.05) is 6.61 Å². The SMILES string of the molecule is Cc1ccc(CC2CON=C(c3nc(C)nnc3Oc3cccc(Cl)c3F)N2)c(Cl)c1. The molecule has 0 spiro atoms. The Balaban J connectivity index is 1.59. The zero-order valence-electron chi connectivity index (χ0n) is 16.7. The second-order valence-electron chi connectivity index (χ2n) is 7.04. The number of rotatable bonds is 5. The van der Waals surface area contributed by atoms with E-state index in [9.17, 15) is 4.39 Å². The maximum absolute atomic E-state index is 14.3. The molecule has 0 fully saturated rings. The molecule has 1 aliphatic heterocycles. The van der Waals surface area contributed by atoms with E-state index in [1.165, 1.54) is 12.1 Å². The van der Waals surface area contributed by atoms with Crippen molar-refractivity contribution in [2.24, 2.45) is 5.16 Å². The van der Waals surface area contributed by atoms with Gasteiger partial charge in [0.1, 0.15) is 12.4 Å². The molecule has 160 valence electrons. The van der Waals surface area contributed by atoms with Gasteiger partial charge in [-0.3, -0.25) is 0 Å². The van der Waals surface area contributed by atoms with E-state index in [1.54, 1.807) is 13.0 Å². The molecule has 0 amide bonds. The molecule has 1 atom stereocenters. The number of benzene rings is 2. The summed E-state index contributed by atoms with van der Waals surface area (Å²) in [5.41, 5.74) is 2.30. The number of aromatic nitrogens is 3. The molecule has 2 aromatic carbocycles. The van der Waals surface area contributed by atoms with E-state index >= 15 is 0 Å².